The minimum absolute atomic E-state index is 0.246. The zero-order chi connectivity index (χ0) is 17.5. The van der Waals surface area contributed by atoms with Gasteiger partial charge in [-0.3, -0.25) is 4.90 Å². The van der Waals surface area contributed by atoms with Crippen molar-refractivity contribution in [1.82, 2.24) is 10.2 Å². The van der Waals surface area contributed by atoms with Gasteiger partial charge in [0.05, 0.1) is 24.8 Å². The molecule has 1 aliphatic rings. The van der Waals surface area contributed by atoms with Crippen molar-refractivity contribution in [3.63, 3.8) is 0 Å². The van der Waals surface area contributed by atoms with Gasteiger partial charge in [-0.15, -0.1) is 0 Å². The van der Waals surface area contributed by atoms with Crippen LogP contribution in [0.5, 0.6) is 0 Å². The first-order valence-electron chi connectivity index (χ1n) is 8.86. The zero-order valence-corrected chi connectivity index (χ0v) is 14.7. The number of benzene rings is 2. The second kappa shape index (κ2) is 8.77. The molecule has 1 N–H and O–H groups in total. The van der Waals surface area contributed by atoms with Gasteiger partial charge >= 0.3 is 0 Å². The predicted molar refractivity (Wildman–Crippen MR) is 98.9 cm³/mol. The van der Waals surface area contributed by atoms with Crippen LogP contribution in [0, 0.1) is 11.3 Å². The van der Waals surface area contributed by atoms with E-state index in [4.69, 9.17) is 10.00 Å². The summed E-state index contributed by atoms with van der Waals surface area (Å²) in [5.74, 6) is 0. The molecule has 1 atom stereocenters. The maximum absolute atomic E-state index is 8.89. The number of hydrogen-bond acceptors (Lipinski definition) is 4. The fourth-order valence-electron chi connectivity index (χ4n) is 3.09. The van der Waals surface area contributed by atoms with Crippen LogP contribution in [0.15, 0.2) is 48.5 Å². The van der Waals surface area contributed by atoms with Crippen molar-refractivity contribution in [2.75, 3.05) is 26.3 Å². The summed E-state index contributed by atoms with van der Waals surface area (Å²) in [5.41, 5.74) is 4.55. The quantitative estimate of drug-likeness (QED) is 0.880. The Bertz CT molecular complexity index is 715. The van der Waals surface area contributed by atoms with E-state index in [1.807, 2.05) is 24.3 Å². The van der Waals surface area contributed by atoms with Crippen LogP contribution in [-0.2, 0) is 17.8 Å². The molecule has 2 aromatic rings. The standard InChI is InChI=1S/C21H25N3O/c1-17(21-7-5-18(14-22)6-8-21)23-15-19-3-2-4-20(13-19)16-24-9-11-25-12-10-24/h2-8,13,17,23H,9-12,15-16H2,1H3/t17-/m1/s1. The number of nitriles is 1. The minimum atomic E-state index is 0.246. The molecular weight excluding hydrogens is 310 g/mol. The van der Waals surface area contributed by atoms with Crippen molar-refractivity contribution >= 4 is 0 Å². The number of ether oxygens (including phenoxy) is 1. The Morgan fingerprint density at radius 3 is 2.56 bits per heavy atom. The molecule has 4 heteroatoms. The predicted octanol–water partition coefficient (Wildman–Crippen LogP) is 3.24. The van der Waals surface area contributed by atoms with E-state index in [0.717, 1.165) is 39.4 Å². The largest absolute Gasteiger partial charge is 0.379 e. The number of hydrogen-bond donors (Lipinski definition) is 1. The van der Waals surface area contributed by atoms with Crippen LogP contribution in [0.3, 0.4) is 0 Å². The second-order valence-corrected chi connectivity index (χ2v) is 6.54. The summed E-state index contributed by atoms with van der Waals surface area (Å²) in [7, 11) is 0. The maximum Gasteiger partial charge on any atom is 0.0991 e. The van der Waals surface area contributed by atoms with E-state index in [-0.39, 0.29) is 6.04 Å². The number of nitrogens with zero attached hydrogens (tertiary/aromatic N) is 2. The molecule has 1 heterocycles. The van der Waals surface area contributed by atoms with E-state index in [1.165, 1.54) is 16.7 Å². The first kappa shape index (κ1) is 17.6. The van der Waals surface area contributed by atoms with E-state index in [1.54, 1.807) is 0 Å². The average molecular weight is 335 g/mol. The van der Waals surface area contributed by atoms with Crippen molar-refractivity contribution in [1.29, 1.82) is 5.26 Å². The van der Waals surface area contributed by atoms with Gasteiger partial charge in [0.2, 0.25) is 0 Å². The third-order valence-corrected chi connectivity index (χ3v) is 4.65. The smallest absolute Gasteiger partial charge is 0.0991 e. The lowest BCUT2D eigenvalue weighted by Gasteiger charge is -2.26. The third kappa shape index (κ3) is 5.14. The van der Waals surface area contributed by atoms with Crippen LogP contribution in [0.2, 0.25) is 0 Å². The monoisotopic (exact) mass is 335 g/mol. The molecule has 0 spiro atoms. The van der Waals surface area contributed by atoms with Gasteiger partial charge in [-0.1, -0.05) is 36.4 Å². The molecule has 0 amide bonds. The highest BCUT2D eigenvalue weighted by Crippen LogP contribution is 2.15. The van der Waals surface area contributed by atoms with Gasteiger partial charge in [0.15, 0.2) is 0 Å². The second-order valence-electron chi connectivity index (χ2n) is 6.54. The number of morpholine rings is 1. The topological polar surface area (TPSA) is 48.3 Å². The van der Waals surface area contributed by atoms with Gasteiger partial charge in [-0.2, -0.15) is 5.26 Å². The Balaban J connectivity index is 1.55. The highest BCUT2D eigenvalue weighted by molar-refractivity contribution is 5.32. The van der Waals surface area contributed by atoms with Crippen LogP contribution in [0.4, 0.5) is 0 Å². The molecule has 3 rings (SSSR count). The van der Waals surface area contributed by atoms with E-state index in [0.29, 0.717) is 5.56 Å². The minimum Gasteiger partial charge on any atom is -0.379 e. The van der Waals surface area contributed by atoms with Crippen molar-refractivity contribution in [3.8, 4) is 6.07 Å². The number of nitrogens with one attached hydrogen (secondary N) is 1. The molecule has 0 aromatic heterocycles. The lowest BCUT2D eigenvalue weighted by molar-refractivity contribution is 0.0342. The molecule has 0 aliphatic carbocycles. The fraction of sp³-hybridized carbons (Fsp3) is 0.381. The van der Waals surface area contributed by atoms with E-state index >= 15 is 0 Å². The van der Waals surface area contributed by atoms with Gasteiger partial charge in [0.1, 0.15) is 0 Å². The third-order valence-electron chi connectivity index (χ3n) is 4.65. The fourth-order valence-corrected chi connectivity index (χ4v) is 3.09. The summed E-state index contributed by atoms with van der Waals surface area (Å²) in [6.45, 7) is 7.67. The van der Waals surface area contributed by atoms with Gasteiger partial charge in [-0.05, 0) is 35.7 Å². The van der Waals surface area contributed by atoms with E-state index in [2.05, 4.69) is 47.5 Å². The number of rotatable bonds is 6. The molecule has 0 saturated carbocycles. The zero-order valence-electron chi connectivity index (χ0n) is 14.7. The molecule has 25 heavy (non-hydrogen) atoms. The van der Waals surface area contributed by atoms with E-state index < -0.39 is 0 Å². The van der Waals surface area contributed by atoms with Gasteiger partial charge in [0.25, 0.3) is 0 Å². The van der Waals surface area contributed by atoms with Crippen LogP contribution in [0.25, 0.3) is 0 Å². The average Bonchev–Trinajstić information content (AvgIpc) is 2.67. The van der Waals surface area contributed by atoms with Gasteiger partial charge in [0, 0.05) is 32.2 Å². The summed E-state index contributed by atoms with van der Waals surface area (Å²) < 4.78 is 5.41. The van der Waals surface area contributed by atoms with Crippen molar-refractivity contribution in [2.24, 2.45) is 0 Å². The molecule has 1 aliphatic heterocycles. The maximum atomic E-state index is 8.89. The van der Waals surface area contributed by atoms with Gasteiger partial charge in [-0.25, -0.2) is 0 Å². The molecule has 0 unspecified atom stereocenters. The van der Waals surface area contributed by atoms with Crippen molar-refractivity contribution in [3.05, 3.63) is 70.8 Å². The van der Waals surface area contributed by atoms with Crippen LogP contribution in [-0.4, -0.2) is 31.2 Å². The summed E-state index contributed by atoms with van der Waals surface area (Å²) >= 11 is 0. The summed E-state index contributed by atoms with van der Waals surface area (Å²) in [6.07, 6.45) is 0. The molecule has 1 saturated heterocycles. The molecule has 1 fully saturated rings. The van der Waals surface area contributed by atoms with Crippen molar-refractivity contribution < 1.29 is 4.74 Å². The highest BCUT2D eigenvalue weighted by Gasteiger charge is 2.11. The molecular formula is C21H25N3O. The summed E-state index contributed by atoms with van der Waals surface area (Å²) in [4.78, 5) is 2.44. The molecule has 0 bridgehead atoms. The lowest BCUT2D eigenvalue weighted by atomic mass is 10.1. The Morgan fingerprint density at radius 1 is 1.12 bits per heavy atom. The highest BCUT2D eigenvalue weighted by atomic mass is 16.5. The van der Waals surface area contributed by atoms with Crippen molar-refractivity contribution in [2.45, 2.75) is 26.1 Å². The first-order valence-corrected chi connectivity index (χ1v) is 8.86. The van der Waals surface area contributed by atoms with Crippen LogP contribution < -0.4 is 5.32 Å². The summed E-state index contributed by atoms with van der Waals surface area (Å²) in [5, 5.41) is 12.5. The van der Waals surface area contributed by atoms with Crippen LogP contribution >= 0.6 is 0 Å². The Kier molecular flexibility index (Phi) is 6.19. The Labute approximate surface area is 150 Å². The Hall–Kier alpha value is -2.19. The molecule has 2 aromatic carbocycles. The lowest BCUT2D eigenvalue weighted by Crippen LogP contribution is -2.35. The normalized spacial score (nSPS) is 16.3. The van der Waals surface area contributed by atoms with E-state index in [9.17, 15) is 0 Å². The Morgan fingerprint density at radius 2 is 1.84 bits per heavy atom. The molecule has 0 radical (unpaired) electrons. The molecule has 130 valence electrons. The first-order chi connectivity index (χ1) is 12.2. The summed E-state index contributed by atoms with van der Waals surface area (Å²) in [6, 6.07) is 19.0. The van der Waals surface area contributed by atoms with Crippen LogP contribution in [0.1, 0.15) is 35.2 Å². The SMILES string of the molecule is C[C@@H](NCc1cccc(CN2CCOCC2)c1)c1ccc(C#N)cc1. The molecule has 4 nitrogen and oxygen atoms in total. The van der Waals surface area contributed by atoms with Gasteiger partial charge < -0.3 is 10.1 Å².